The number of halogens is 1. The Kier molecular flexibility index (Phi) is 5.85. The number of nitrogens with zero attached hydrogens (tertiary/aromatic N) is 1. The Balaban J connectivity index is 1.77. The molecule has 5 nitrogen and oxygen atoms in total. The minimum atomic E-state index is -0.188. The number of thioether (sulfide) groups is 1. The normalized spacial score (nSPS) is 16.8. The van der Waals surface area contributed by atoms with E-state index in [-0.39, 0.29) is 5.91 Å². The molecule has 0 bridgehead atoms. The molecular formula is C19H17ClN2O3S. The zero-order chi connectivity index (χ0) is 18.5. The molecule has 0 saturated carbocycles. The molecular weight excluding hydrogens is 372 g/mol. The lowest BCUT2D eigenvalue weighted by Gasteiger charge is -2.05. The Hall–Kier alpha value is -2.44. The molecule has 0 aromatic heterocycles. The Bertz CT molecular complexity index is 879. The van der Waals surface area contributed by atoms with Crippen molar-refractivity contribution in [1.29, 1.82) is 0 Å². The van der Waals surface area contributed by atoms with Crippen LogP contribution in [0.3, 0.4) is 0 Å². The van der Waals surface area contributed by atoms with Crippen molar-refractivity contribution in [3.8, 4) is 11.5 Å². The van der Waals surface area contributed by atoms with Gasteiger partial charge in [0.05, 0.1) is 29.3 Å². The maximum absolute atomic E-state index is 12.2. The van der Waals surface area contributed by atoms with Gasteiger partial charge in [0.25, 0.3) is 5.91 Å². The van der Waals surface area contributed by atoms with Gasteiger partial charge >= 0.3 is 0 Å². The molecule has 0 unspecified atom stereocenters. The second-order valence-corrected chi connectivity index (χ2v) is 6.74. The lowest BCUT2D eigenvalue weighted by Crippen LogP contribution is -2.19. The van der Waals surface area contributed by atoms with Gasteiger partial charge in [0.2, 0.25) is 0 Å². The van der Waals surface area contributed by atoms with Crippen LogP contribution in [0.15, 0.2) is 52.4 Å². The van der Waals surface area contributed by atoms with Gasteiger partial charge in [0, 0.05) is 0 Å². The number of hydrogen-bond donors (Lipinski definition) is 1. The summed E-state index contributed by atoms with van der Waals surface area (Å²) in [5.41, 5.74) is 1.56. The number of carbonyl (C=O) groups excluding carboxylic acids is 1. The van der Waals surface area contributed by atoms with Crippen LogP contribution in [-0.4, -0.2) is 24.8 Å². The highest BCUT2D eigenvalue weighted by atomic mass is 35.5. The second kappa shape index (κ2) is 8.29. The molecule has 1 aliphatic rings. The number of rotatable bonds is 5. The summed E-state index contributed by atoms with van der Waals surface area (Å²) in [5, 5.41) is 3.81. The van der Waals surface area contributed by atoms with E-state index in [0.29, 0.717) is 27.5 Å². The van der Waals surface area contributed by atoms with Crippen molar-refractivity contribution in [3.63, 3.8) is 0 Å². The summed E-state index contributed by atoms with van der Waals surface area (Å²) in [6.07, 6.45) is 1.78. The number of aliphatic imine (C=N–C) groups is 1. The van der Waals surface area contributed by atoms with E-state index < -0.39 is 0 Å². The number of benzene rings is 2. The molecule has 7 heteroatoms. The molecule has 0 radical (unpaired) electrons. The fourth-order valence-electron chi connectivity index (χ4n) is 2.29. The lowest BCUT2D eigenvalue weighted by atomic mass is 10.2. The van der Waals surface area contributed by atoms with Gasteiger partial charge < -0.3 is 14.8 Å². The van der Waals surface area contributed by atoms with Gasteiger partial charge in [-0.15, -0.1) is 0 Å². The topological polar surface area (TPSA) is 59.9 Å². The molecule has 134 valence electrons. The minimum Gasteiger partial charge on any atom is -0.497 e. The molecule has 1 amide bonds. The molecule has 1 aliphatic heterocycles. The average molecular weight is 389 g/mol. The Labute approximate surface area is 161 Å². The van der Waals surface area contributed by atoms with Crippen LogP contribution in [0.4, 0.5) is 5.69 Å². The Morgan fingerprint density at radius 3 is 2.65 bits per heavy atom. The van der Waals surface area contributed by atoms with Crippen LogP contribution >= 0.6 is 23.4 Å². The molecule has 1 heterocycles. The minimum absolute atomic E-state index is 0.188. The Morgan fingerprint density at radius 2 is 2.00 bits per heavy atom. The SMILES string of the molecule is CCOc1ccc(/C=C2\SC(=Nc3ccc(OC)cc3)NC2=O)cc1Cl. The van der Waals surface area contributed by atoms with E-state index in [0.717, 1.165) is 17.0 Å². The summed E-state index contributed by atoms with van der Waals surface area (Å²) in [4.78, 5) is 17.2. The molecule has 0 spiro atoms. The van der Waals surface area contributed by atoms with Crippen molar-refractivity contribution in [1.82, 2.24) is 5.32 Å². The number of nitrogens with one attached hydrogen (secondary N) is 1. The van der Waals surface area contributed by atoms with E-state index >= 15 is 0 Å². The average Bonchev–Trinajstić information content (AvgIpc) is 2.97. The fourth-order valence-corrected chi connectivity index (χ4v) is 3.37. The summed E-state index contributed by atoms with van der Waals surface area (Å²) in [7, 11) is 1.61. The third-order valence-electron chi connectivity index (χ3n) is 3.51. The first-order chi connectivity index (χ1) is 12.6. The summed E-state index contributed by atoms with van der Waals surface area (Å²) in [6.45, 7) is 2.44. The predicted molar refractivity (Wildman–Crippen MR) is 106 cm³/mol. The van der Waals surface area contributed by atoms with Crippen molar-refractivity contribution in [2.75, 3.05) is 13.7 Å². The number of ether oxygens (including phenoxy) is 2. The van der Waals surface area contributed by atoms with E-state index in [1.54, 1.807) is 25.3 Å². The molecule has 3 rings (SSSR count). The molecule has 2 aromatic carbocycles. The third-order valence-corrected chi connectivity index (χ3v) is 4.71. The first kappa shape index (κ1) is 18.4. The van der Waals surface area contributed by atoms with Gasteiger partial charge in [-0.1, -0.05) is 17.7 Å². The van der Waals surface area contributed by atoms with E-state index in [1.165, 1.54) is 11.8 Å². The van der Waals surface area contributed by atoms with Crippen molar-refractivity contribution in [2.24, 2.45) is 4.99 Å². The Morgan fingerprint density at radius 1 is 1.23 bits per heavy atom. The number of carbonyl (C=O) groups is 1. The van der Waals surface area contributed by atoms with Gasteiger partial charge in [-0.25, -0.2) is 4.99 Å². The van der Waals surface area contributed by atoms with Crippen molar-refractivity contribution in [3.05, 3.63) is 58.0 Å². The van der Waals surface area contributed by atoms with Crippen LogP contribution in [0.1, 0.15) is 12.5 Å². The monoisotopic (exact) mass is 388 g/mol. The zero-order valence-electron chi connectivity index (χ0n) is 14.3. The highest BCUT2D eigenvalue weighted by Gasteiger charge is 2.23. The number of amides is 1. The maximum Gasteiger partial charge on any atom is 0.264 e. The van der Waals surface area contributed by atoms with Gasteiger partial charge in [-0.05, 0) is 66.7 Å². The second-order valence-electron chi connectivity index (χ2n) is 5.30. The molecule has 0 aliphatic carbocycles. The number of hydrogen-bond acceptors (Lipinski definition) is 5. The molecule has 2 aromatic rings. The largest absolute Gasteiger partial charge is 0.497 e. The van der Waals surface area contributed by atoms with Crippen molar-refractivity contribution >= 4 is 46.2 Å². The molecule has 1 fully saturated rings. The van der Waals surface area contributed by atoms with Crippen LogP contribution in [0, 0.1) is 0 Å². The first-order valence-corrected chi connectivity index (χ1v) is 9.14. The summed E-state index contributed by atoms with van der Waals surface area (Å²) in [5.74, 6) is 1.19. The van der Waals surface area contributed by atoms with Gasteiger partial charge in [0.1, 0.15) is 11.5 Å². The first-order valence-electron chi connectivity index (χ1n) is 7.95. The standard InChI is InChI=1S/C19H17ClN2O3S/c1-3-25-16-9-4-12(10-15(16)20)11-17-18(23)22-19(26-17)21-13-5-7-14(24-2)8-6-13/h4-11H,3H2,1-2H3,(H,21,22,23)/b17-11-. The van der Waals surface area contributed by atoms with Crippen LogP contribution in [-0.2, 0) is 4.79 Å². The smallest absolute Gasteiger partial charge is 0.264 e. The van der Waals surface area contributed by atoms with Crippen LogP contribution in [0.25, 0.3) is 6.08 Å². The zero-order valence-corrected chi connectivity index (χ0v) is 15.9. The summed E-state index contributed by atoms with van der Waals surface area (Å²) < 4.78 is 10.5. The van der Waals surface area contributed by atoms with Gasteiger partial charge in [-0.2, -0.15) is 0 Å². The van der Waals surface area contributed by atoms with Crippen molar-refractivity contribution in [2.45, 2.75) is 6.92 Å². The summed E-state index contributed by atoms with van der Waals surface area (Å²) >= 11 is 7.48. The number of amidine groups is 1. The van der Waals surface area contributed by atoms with E-state index in [2.05, 4.69) is 10.3 Å². The third kappa shape index (κ3) is 4.39. The molecule has 1 N–H and O–H groups in total. The van der Waals surface area contributed by atoms with Crippen molar-refractivity contribution < 1.29 is 14.3 Å². The molecule has 0 atom stereocenters. The quantitative estimate of drug-likeness (QED) is 0.758. The van der Waals surface area contributed by atoms with Crippen LogP contribution < -0.4 is 14.8 Å². The number of methoxy groups -OCH3 is 1. The van der Waals surface area contributed by atoms with Crippen LogP contribution in [0.5, 0.6) is 11.5 Å². The highest BCUT2D eigenvalue weighted by Crippen LogP contribution is 2.31. The molecule has 1 saturated heterocycles. The van der Waals surface area contributed by atoms with E-state index in [1.807, 2.05) is 37.3 Å². The van der Waals surface area contributed by atoms with Crippen LogP contribution in [0.2, 0.25) is 5.02 Å². The fraction of sp³-hybridized carbons (Fsp3) is 0.158. The van der Waals surface area contributed by atoms with Gasteiger partial charge in [0.15, 0.2) is 5.17 Å². The maximum atomic E-state index is 12.2. The lowest BCUT2D eigenvalue weighted by molar-refractivity contribution is -0.115. The van der Waals surface area contributed by atoms with E-state index in [9.17, 15) is 4.79 Å². The van der Waals surface area contributed by atoms with E-state index in [4.69, 9.17) is 21.1 Å². The summed E-state index contributed by atoms with van der Waals surface area (Å²) in [6, 6.07) is 12.7. The molecule has 26 heavy (non-hydrogen) atoms. The predicted octanol–water partition coefficient (Wildman–Crippen LogP) is 4.64. The highest BCUT2D eigenvalue weighted by molar-refractivity contribution is 8.18. The van der Waals surface area contributed by atoms with Gasteiger partial charge in [-0.3, -0.25) is 4.79 Å².